The van der Waals surface area contributed by atoms with E-state index in [9.17, 15) is 15.3 Å². The summed E-state index contributed by atoms with van der Waals surface area (Å²) in [6.07, 6.45) is -0.941. The quantitative estimate of drug-likeness (QED) is 0.340. The van der Waals surface area contributed by atoms with E-state index in [4.69, 9.17) is 16.3 Å². The van der Waals surface area contributed by atoms with Crippen molar-refractivity contribution in [1.82, 2.24) is 0 Å². The van der Waals surface area contributed by atoms with Gasteiger partial charge in [-0.05, 0) is 0 Å². The third kappa shape index (κ3) is 1.82. The zero-order chi connectivity index (χ0) is 10.0. The molecule has 5 nitrogen and oxygen atoms in total. The highest BCUT2D eigenvalue weighted by Gasteiger charge is 2.42. The van der Waals surface area contributed by atoms with Gasteiger partial charge in [0, 0.05) is 0 Å². The highest BCUT2D eigenvalue weighted by Crippen LogP contribution is 2.20. The fourth-order valence-electron chi connectivity index (χ4n) is 1.24. The van der Waals surface area contributed by atoms with Gasteiger partial charge in [0.15, 0.2) is 0 Å². The molecule has 5 unspecified atom stereocenters. The van der Waals surface area contributed by atoms with E-state index in [0.29, 0.717) is 0 Å². The van der Waals surface area contributed by atoms with Gasteiger partial charge in [-0.3, -0.25) is 0 Å². The van der Waals surface area contributed by atoms with Crippen molar-refractivity contribution in [2.45, 2.75) is 30.5 Å². The minimum Gasteiger partial charge on any atom is -0.394 e. The van der Waals surface area contributed by atoms with Gasteiger partial charge in [0.05, 0.1) is 6.61 Å². The summed E-state index contributed by atoms with van der Waals surface area (Å²) < 4.78 is 4.93. The van der Waals surface area contributed by atoms with Gasteiger partial charge in [0.25, 0.3) is 0 Å². The van der Waals surface area contributed by atoms with Crippen molar-refractivity contribution in [3.63, 3.8) is 0 Å². The number of hydrogen-bond donors (Lipinski definition) is 4. The maximum Gasteiger partial charge on any atom is 0.146 e. The Morgan fingerprint density at radius 1 is 1.15 bits per heavy atom. The Bertz CT molecular complexity index is 209. The molecule has 0 amide bonds. The normalized spacial score (nSPS) is 45.6. The highest BCUT2D eigenvalue weighted by molar-refractivity contribution is 5.05. The summed E-state index contributed by atoms with van der Waals surface area (Å²) in [5.41, 5.74) is 0. The first-order chi connectivity index (χ1) is 6.11. The Hall–Kier alpha value is -0.640. The lowest BCUT2D eigenvalue weighted by atomic mass is 9.96. The van der Waals surface area contributed by atoms with Crippen LogP contribution in [0.3, 0.4) is 0 Å². The van der Waals surface area contributed by atoms with Crippen LogP contribution in [0.4, 0.5) is 0 Å². The molecular weight excluding hydrogens is 176 g/mol. The molecule has 0 aromatic heterocycles. The number of rotatable bonds is 1. The summed E-state index contributed by atoms with van der Waals surface area (Å²) in [6.45, 7) is -0.455. The molecule has 5 atom stereocenters. The number of hydrogen-bond acceptors (Lipinski definition) is 5. The van der Waals surface area contributed by atoms with Crippen molar-refractivity contribution < 1.29 is 25.2 Å². The van der Waals surface area contributed by atoms with Gasteiger partial charge < -0.3 is 25.2 Å². The number of aliphatic hydroxyl groups is 4. The van der Waals surface area contributed by atoms with E-state index in [0.717, 1.165) is 0 Å². The second-order valence-electron chi connectivity index (χ2n) is 2.92. The van der Waals surface area contributed by atoms with E-state index in [1.807, 2.05) is 0 Å². The minimum atomic E-state index is -1.38. The largest absolute Gasteiger partial charge is 0.394 e. The van der Waals surface area contributed by atoms with E-state index in [1.165, 1.54) is 0 Å². The first-order valence-electron chi connectivity index (χ1n) is 3.88. The molecule has 13 heavy (non-hydrogen) atoms. The molecule has 74 valence electrons. The summed E-state index contributed by atoms with van der Waals surface area (Å²) in [5.74, 6) is 2.11. The first kappa shape index (κ1) is 10.4. The van der Waals surface area contributed by atoms with Crippen LogP contribution in [-0.2, 0) is 4.74 Å². The summed E-state index contributed by atoms with van der Waals surface area (Å²) in [5, 5.41) is 36.5. The topological polar surface area (TPSA) is 90.2 Å². The van der Waals surface area contributed by atoms with Crippen LogP contribution < -0.4 is 0 Å². The molecule has 4 N–H and O–H groups in total. The van der Waals surface area contributed by atoms with Gasteiger partial charge in [-0.25, -0.2) is 0 Å². The smallest absolute Gasteiger partial charge is 0.146 e. The lowest BCUT2D eigenvalue weighted by Crippen LogP contribution is -2.58. The molecule has 0 aromatic carbocycles. The molecule has 1 saturated heterocycles. The third-order valence-corrected chi connectivity index (χ3v) is 2.06. The molecule has 0 radical (unpaired) electrons. The Kier molecular flexibility index (Phi) is 3.25. The molecule has 1 rings (SSSR count). The van der Waals surface area contributed by atoms with Crippen molar-refractivity contribution in [3.8, 4) is 12.3 Å². The van der Waals surface area contributed by atoms with Crippen molar-refractivity contribution in [2.75, 3.05) is 6.61 Å². The molecule has 0 aromatic rings. The maximum absolute atomic E-state index is 9.26. The SMILES string of the molecule is C#CC1OC(CO)C(O)C(O)C1O. The molecule has 1 fully saturated rings. The average molecular weight is 188 g/mol. The number of aliphatic hydroxyl groups excluding tert-OH is 4. The van der Waals surface area contributed by atoms with Gasteiger partial charge >= 0.3 is 0 Å². The van der Waals surface area contributed by atoms with Crippen LogP contribution >= 0.6 is 0 Å². The summed E-state index contributed by atoms with van der Waals surface area (Å²) in [4.78, 5) is 0. The fourth-order valence-corrected chi connectivity index (χ4v) is 1.24. The summed E-state index contributed by atoms with van der Waals surface area (Å²) in [6, 6.07) is 0. The standard InChI is InChI=1S/C8H12O5/c1-2-4-6(10)8(12)7(11)5(3-9)13-4/h1,4-12H,3H2. The van der Waals surface area contributed by atoms with E-state index in [2.05, 4.69) is 5.92 Å². The molecule has 0 spiro atoms. The Labute approximate surface area is 75.6 Å². The Balaban J connectivity index is 2.73. The van der Waals surface area contributed by atoms with Crippen molar-refractivity contribution >= 4 is 0 Å². The number of ether oxygens (including phenoxy) is 1. The van der Waals surface area contributed by atoms with Crippen LogP contribution in [0.25, 0.3) is 0 Å². The van der Waals surface area contributed by atoms with Crippen molar-refractivity contribution in [1.29, 1.82) is 0 Å². The second kappa shape index (κ2) is 4.05. The molecule has 5 heteroatoms. The second-order valence-corrected chi connectivity index (χ2v) is 2.92. The predicted octanol–water partition coefficient (Wildman–Crippen LogP) is -2.54. The average Bonchev–Trinajstić information content (AvgIpc) is 2.15. The van der Waals surface area contributed by atoms with E-state index < -0.39 is 37.1 Å². The van der Waals surface area contributed by atoms with Crippen LogP contribution in [0.2, 0.25) is 0 Å². The van der Waals surface area contributed by atoms with Gasteiger partial charge in [-0.1, -0.05) is 5.92 Å². The minimum absolute atomic E-state index is 0.455. The summed E-state index contributed by atoms with van der Waals surface area (Å²) >= 11 is 0. The molecule has 0 saturated carbocycles. The Morgan fingerprint density at radius 2 is 1.77 bits per heavy atom. The number of terminal acetylenes is 1. The molecule has 0 bridgehead atoms. The van der Waals surface area contributed by atoms with Gasteiger partial charge in [-0.2, -0.15) is 0 Å². The van der Waals surface area contributed by atoms with Crippen LogP contribution in [0.15, 0.2) is 0 Å². The first-order valence-corrected chi connectivity index (χ1v) is 3.88. The molecule has 1 heterocycles. The zero-order valence-electron chi connectivity index (χ0n) is 6.87. The summed E-state index contributed by atoms with van der Waals surface area (Å²) in [7, 11) is 0. The lowest BCUT2D eigenvalue weighted by molar-refractivity contribution is -0.214. The van der Waals surface area contributed by atoms with Gasteiger partial charge in [0.2, 0.25) is 0 Å². The van der Waals surface area contributed by atoms with Gasteiger partial charge in [-0.15, -0.1) is 6.42 Å². The molecular formula is C8H12O5. The van der Waals surface area contributed by atoms with Crippen LogP contribution in [0, 0.1) is 12.3 Å². The highest BCUT2D eigenvalue weighted by atomic mass is 16.5. The Morgan fingerprint density at radius 3 is 2.23 bits per heavy atom. The van der Waals surface area contributed by atoms with Crippen molar-refractivity contribution in [2.24, 2.45) is 0 Å². The molecule has 1 aliphatic heterocycles. The predicted molar refractivity (Wildman–Crippen MR) is 42.6 cm³/mol. The lowest BCUT2D eigenvalue weighted by Gasteiger charge is -2.37. The van der Waals surface area contributed by atoms with E-state index in [-0.39, 0.29) is 0 Å². The maximum atomic E-state index is 9.26. The molecule has 0 aliphatic carbocycles. The zero-order valence-corrected chi connectivity index (χ0v) is 6.87. The van der Waals surface area contributed by atoms with E-state index >= 15 is 0 Å². The van der Waals surface area contributed by atoms with Crippen molar-refractivity contribution in [3.05, 3.63) is 0 Å². The van der Waals surface area contributed by atoms with Crippen LogP contribution in [-0.4, -0.2) is 57.6 Å². The monoisotopic (exact) mass is 188 g/mol. The van der Waals surface area contributed by atoms with Crippen LogP contribution in [0.5, 0.6) is 0 Å². The van der Waals surface area contributed by atoms with Crippen LogP contribution in [0.1, 0.15) is 0 Å². The molecule has 1 aliphatic rings. The van der Waals surface area contributed by atoms with E-state index in [1.54, 1.807) is 0 Å². The fraction of sp³-hybridized carbons (Fsp3) is 0.750. The third-order valence-electron chi connectivity index (χ3n) is 2.06. The van der Waals surface area contributed by atoms with Gasteiger partial charge in [0.1, 0.15) is 30.5 Å².